The second-order valence-electron chi connectivity index (χ2n) is 6.97. The minimum absolute atomic E-state index is 0.387. The molecule has 0 aromatic heterocycles. The molecule has 6 heteroatoms. The van der Waals surface area contributed by atoms with Crippen molar-refractivity contribution in [2.24, 2.45) is 0 Å². The Morgan fingerprint density at radius 3 is 2.54 bits per heavy atom. The molecule has 134 valence electrons. The van der Waals surface area contributed by atoms with Gasteiger partial charge in [-0.15, -0.1) is 0 Å². The summed E-state index contributed by atoms with van der Waals surface area (Å²) in [7, 11) is 3.15. The van der Waals surface area contributed by atoms with E-state index in [1.807, 2.05) is 32.9 Å². The number of hydrogen-bond donors (Lipinski definition) is 2. The first-order chi connectivity index (χ1) is 11.3. The summed E-state index contributed by atoms with van der Waals surface area (Å²) in [6.45, 7) is 7.45. The second-order valence-corrected chi connectivity index (χ2v) is 6.97. The van der Waals surface area contributed by atoms with Crippen LogP contribution in [-0.4, -0.2) is 39.0 Å². The highest BCUT2D eigenvalue weighted by atomic mass is 16.6. The van der Waals surface area contributed by atoms with E-state index in [0.717, 1.165) is 31.5 Å². The molecule has 1 unspecified atom stereocenters. The average Bonchev–Trinajstić information content (AvgIpc) is 2.53. The van der Waals surface area contributed by atoms with Gasteiger partial charge in [-0.05, 0) is 63.8 Å². The zero-order valence-corrected chi connectivity index (χ0v) is 15.2. The number of carbonyl (C=O) groups is 1. The van der Waals surface area contributed by atoms with Gasteiger partial charge in [0.1, 0.15) is 5.60 Å². The predicted octanol–water partition coefficient (Wildman–Crippen LogP) is 3.52. The highest BCUT2D eigenvalue weighted by molar-refractivity contribution is 5.88. The first-order valence-electron chi connectivity index (χ1n) is 8.30. The molecule has 24 heavy (non-hydrogen) atoms. The number of rotatable bonds is 4. The maximum Gasteiger partial charge on any atom is 0.412 e. The van der Waals surface area contributed by atoms with Gasteiger partial charge in [0.2, 0.25) is 0 Å². The maximum absolute atomic E-state index is 12.1. The molecule has 1 aromatic carbocycles. The molecule has 2 N–H and O–H groups in total. The Balaban J connectivity index is 2.31. The molecule has 1 amide bonds. The number of methoxy groups -OCH3 is 2. The first kappa shape index (κ1) is 18.4. The van der Waals surface area contributed by atoms with Crippen molar-refractivity contribution in [1.29, 1.82) is 0 Å². The lowest BCUT2D eigenvalue weighted by Crippen LogP contribution is -2.29. The number of hydrogen-bond acceptors (Lipinski definition) is 5. The number of nitrogens with one attached hydrogen (secondary N) is 2. The van der Waals surface area contributed by atoms with Crippen LogP contribution in [0.2, 0.25) is 0 Å². The lowest BCUT2D eigenvalue weighted by molar-refractivity contribution is 0.0635. The minimum Gasteiger partial charge on any atom is -0.493 e. The summed E-state index contributed by atoms with van der Waals surface area (Å²) < 4.78 is 16.2. The number of piperidine rings is 1. The molecule has 0 spiro atoms. The Hall–Kier alpha value is -1.95. The van der Waals surface area contributed by atoms with Gasteiger partial charge in [0.15, 0.2) is 11.5 Å². The van der Waals surface area contributed by atoms with Gasteiger partial charge in [0.05, 0.1) is 19.9 Å². The summed E-state index contributed by atoms with van der Waals surface area (Å²) in [5, 5.41) is 6.19. The fourth-order valence-electron chi connectivity index (χ4n) is 2.86. The predicted molar refractivity (Wildman–Crippen MR) is 94.2 cm³/mol. The molecule has 6 nitrogen and oxygen atoms in total. The van der Waals surface area contributed by atoms with E-state index in [0.29, 0.717) is 23.1 Å². The van der Waals surface area contributed by atoms with Gasteiger partial charge in [-0.3, -0.25) is 5.32 Å². The van der Waals surface area contributed by atoms with Crippen molar-refractivity contribution in [2.75, 3.05) is 32.6 Å². The van der Waals surface area contributed by atoms with Crippen molar-refractivity contribution in [1.82, 2.24) is 5.32 Å². The van der Waals surface area contributed by atoms with Crippen LogP contribution in [0, 0.1) is 0 Å². The van der Waals surface area contributed by atoms with Gasteiger partial charge < -0.3 is 19.5 Å². The van der Waals surface area contributed by atoms with E-state index in [9.17, 15) is 4.79 Å². The molecular weight excluding hydrogens is 308 g/mol. The quantitative estimate of drug-likeness (QED) is 0.880. The van der Waals surface area contributed by atoms with Crippen molar-refractivity contribution in [2.45, 2.75) is 45.1 Å². The molecule has 0 aliphatic carbocycles. The highest BCUT2D eigenvalue weighted by Gasteiger charge is 2.23. The van der Waals surface area contributed by atoms with E-state index in [4.69, 9.17) is 14.2 Å². The summed E-state index contributed by atoms with van der Waals surface area (Å²) >= 11 is 0. The Kier molecular flexibility index (Phi) is 5.94. The van der Waals surface area contributed by atoms with Gasteiger partial charge in [-0.2, -0.15) is 0 Å². The molecule has 0 bridgehead atoms. The molecule has 1 fully saturated rings. The SMILES string of the molecule is COc1cc(C2CCCNC2)cc(NC(=O)OC(C)(C)C)c1OC. The Labute approximate surface area is 143 Å². The summed E-state index contributed by atoms with van der Waals surface area (Å²) in [6, 6.07) is 3.93. The Morgan fingerprint density at radius 2 is 2.00 bits per heavy atom. The number of carbonyl (C=O) groups excluding carboxylic acids is 1. The van der Waals surface area contributed by atoms with Gasteiger partial charge >= 0.3 is 6.09 Å². The minimum atomic E-state index is -0.563. The molecule has 2 rings (SSSR count). The zero-order valence-electron chi connectivity index (χ0n) is 15.2. The summed E-state index contributed by atoms with van der Waals surface area (Å²) in [6.07, 6.45) is 1.73. The Morgan fingerprint density at radius 1 is 1.25 bits per heavy atom. The van der Waals surface area contributed by atoms with Crippen molar-refractivity contribution in [3.63, 3.8) is 0 Å². The fraction of sp³-hybridized carbons (Fsp3) is 0.611. The van der Waals surface area contributed by atoms with Gasteiger partial charge in [0, 0.05) is 6.54 Å². The molecule has 1 saturated heterocycles. The van der Waals surface area contributed by atoms with E-state index < -0.39 is 11.7 Å². The van der Waals surface area contributed by atoms with Crippen molar-refractivity contribution < 1.29 is 19.0 Å². The number of anilines is 1. The first-order valence-corrected chi connectivity index (χ1v) is 8.30. The number of ether oxygens (including phenoxy) is 3. The van der Waals surface area contributed by atoms with Crippen LogP contribution in [0.3, 0.4) is 0 Å². The largest absolute Gasteiger partial charge is 0.493 e. The van der Waals surface area contributed by atoms with Crippen LogP contribution in [0.5, 0.6) is 11.5 Å². The van der Waals surface area contributed by atoms with Gasteiger partial charge in [-0.1, -0.05) is 0 Å². The van der Waals surface area contributed by atoms with Crippen molar-refractivity contribution >= 4 is 11.8 Å². The highest BCUT2D eigenvalue weighted by Crippen LogP contribution is 2.40. The van der Waals surface area contributed by atoms with Crippen LogP contribution in [0.25, 0.3) is 0 Å². The van der Waals surface area contributed by atoms with E-state index in [1.54, 1.807) is 14.2 Å². The number of benzene rings is 1. The zero-order chi connectivity index (χ0) is 17.7. The average molecular weight is 336 g/mol. The molecule has 0 radical (unpaired) electrons. The summed E-state index contributed by atoms with van der Waals surface area (Å²) in [5.74, 6) is 1.49. The molecule has 1 aliphatic heterocycles. The lowest BCUT2D eigenvalue weighted by atomic mass is 9.91. The molecular formula is C18H28N2O4. The van der Waals surface area contributed by atoms with Crippen LogP contribution in [0.15, 0.2) is 12.1 Å². The van der Waals surface area contributed by atoms with Gasteiger partial charge in [-0.25, -0.2) is 4.79 Å². The van der Waals surface area contributed by atoms with Crippen LogP contribution in [0.4, 0.5) is 10.5 Å². The molecule has 1 heterocycles. The van der Waals surface area contributed by atoms with Crippen LogP contribution < -0.4 is 20.1 Å². The van der Waals surface area contributed by atoms with Crippen LogP contribution >= 0.6 is 0 Å². The standard InChI is InChI=1S/C18H28N2O4/c1-18(2,3)24-17(21)20-14-9-13(12-7-6-8-19-11-12)10-15(22-4)16(14)23-5/h9-10,12,19H,6-8,11H2,1-5H3,(H,20,21). The molecule has 1 aromatic rings. The second kappa shape index (κ2) is 7.75. The Bertz CT molecular complexity index is 575. The van der Waals surface area contributed by atoms with E-state index >= 15 is 0 Å². The summed E-state index contributed by atoms with van der Waals surface area (Å²) in [4.78, 5) is 12.1. The smallest absolute Gasteiger partial charge is 0.412 e. The van der Waals surface area contributed by atoms with Crippen molar-refractivity contribution in [3.8, 4) is 11.5 Å². The van der Waals surface area contributed by atoms with Gasteiger partial charge in [0.25, 0.3) is 0 Å². The topological polar surface area (TPSA) is 68.8 Å². The van der Waals surface area contributed by atoms with E-state index in [-0.39, 0.29) is 0 Å². The van der Waals surface area contributed by atoms with E-state index in [2.05, 4.69) is 10.6 Å². The third-order valence-corrected chi connectivity index (χ3v) is 3.91. The fourth-order valence-corrected chi connectivity index (χ4v) is 2.86. The third-order valence-electron chi connectivity index (χ3n) is 3.91. The molecule has 1 aliphatic rings. The number of amides is 1. The van der Waals surface area contributed by atoms with Crippen LogP contribution in [0.1, 0.15) is 45.1 Å². The van der Waals surface area contributed by atoms with E-state index in [1.165, 1.54) is 0 Å². The molecule has 1 atom stereocenters. The van der Waals surface area contributed by atoms with Crippen LogP contribution in [-0.2, 0) is 4.74 Å². The monoisotopic (exact) mass is 336 g/mol. The lowest BCUT2D eigenvalue weighted by Gasteiger charge is -2.25. The third kappa shape index (κ3) is 4.77. The molecule has 0 saturated carbocycles. The summed E-state index contributed by atoms with van der Waals surface area (Å²) in [5.41, 5.74) is 1.12. The normalized spacial score (nSPS) is 18.0. The maximum atomic E-state index is 12.1. The van der Waals surface area contributed by atoms with Crippen molar-refractivity contribution in [3.05, 3.63) is 17.7 Å².